The zero-order valence-corrected chi connectivity index (χ0v) is 59.7. The highest BCUT2D eigenvalue weighted by molar-refractivity contribution is 6.06. The molecule has 110 heavy (non-hydrogen) atoms. The molecule has 0 saturated carbocycles. The molecule has 0 spiro atoms. The first kappa shape index (κ1) is 85.0. The summed E-state index contributed by atoms with van der Waals surface area (Å²) in [6, 6.07) is 1.65. The topological polar surface area (TPSA) is 607 Å². The molecule has 7 rings (SSSR count). The number of primary amides is 1. The minimum atomic E-state index is -2.70. The summed E-state index contributed by atoms with van der Waals surface area (Å²) in [4.78, 5) is 242. The van der Waals surface area contributed by atoms with Gasteiger partial charge in [0, 0.05) is 77.4 Å². The second kappa shape index (κ2) is 40.1. The fraction of sp³-hybridized carbons (Fsp3) is 0.438. The number of cyclic esters (lactones) is 1. The maximum atomic E-state index is 15.4. The number of esters is 1. The van der Waals surface area contributed by atoms with E-state index >= 15 is 14.4 Å². The van der Waals surface area contributed by atoms with Crippen molar-refractivity contribution in [3.05, 3.63) is 107 Å². The van der Waals surface area contributed by atoms with Gasteiger partial charge in [0.2, 0.25) is 53.2 Å². The van der Waals surface area contributed by atoms with Crippen LogP contribution in [-0.2, 0) is 97.4 Å². The Morgan fingerprint density at radius 2 is 1.25 bits per heavy atom. The number of phenols is 1. The third kappa shape index (κ3) is 24.6. The number of phenolic OH excluding ortho intramolecular Hbond substituents is 1. The summed E-state index contributed by atoms with van der Waals surface area (Å²) in [5.74, 6) is -29.0. The molecule has 0 unspecified atom stereocenters. The van der Waals surface area contributed by atoms with Crippen molar-refractivity contribution in [3.8, 4) is 5.75 Å². The van der Waals surface area contributed by atoms with E-state index in [9.17, 15) is 103 Å². The van der Waals surface area contributed by atoms with E-state index in [1.807, 2.05) is 17.6 Å². The molecule has 0 radical (unpaired) electrons. The Bertz CT molecular complexity index is 4320. The first-order valence-corrected chi connectivity index (χ1v) is 35.2. The normalized spacial score (nSPS) is 23.6. The van der Waals surface area contributed by atoms with Gasteiger partial charge >= 0.3 is 29.8 Å². The van der Waals surface area contributed by atoms with Crippen LogP contribution in [0.15, 0.2) is 90.8 Å². The lowest BCUT2D eigenvalue weighted by molar-refractivity contribution is -0.150. The van der Waals surface area contributed by atoms with Crippen molar-refractivity contribution in [2.75, 3.05) is 13.2 Å². The predicted molar refractivity (Wildman–Crippen MR) is 381 cm³/mol. The van der Waals surface area contributed by atoms with Crippen molar-refractivity contribution >= 4 is 128 Å². The summed E-state index contributed by atoms with van der Waals surface area (Å²) in [6.45, 7) is 0.755. The summed E-state index contributed by atoms with van der Waals surface area (Å²) < 4.78 is 11.6. The number of carboxylic acids is 4. The van der Waals surface area contributed by atoms with Gasteiger partial charge in [-0.05, 0) is 61.2 Å². The fourth-order valence-electron chi connectivity index (χ4n) is 12.3. The summed E-state index contributed by atoms with van der Waals surface area (Å²) in [6.07, 6.45) is -6.47. The van der Waals surface area contributed by atoms with E-state index in [1.165, 1.54) is 12.4 Å². The maximum Gasteiger partial charge on any atom is 0.334 e. The molecule has 9 amide bonds. The Balaban J connectivity index is 1.36. The van der Waals surface area contributed by atoms with Crippen LogP contribution >= 0.6 is 0 Å². The lowest BCUT2D eigenvalue weighted by atomic mass is 9.92. The molecular formula is C73H87N11O26. The molecule has 37 heteroatoms. The average molecular weight is 1530 g/mol. The van der Waals surface area contributed by atoms with Crippen molar-refractivity contribution in [2.45, 2.75) is 177 Å². The number of para-hydroxylation sites is 2. The van der Waals surface area contributed by atoms with Crippen LogP contribution in [0.5, 0.6) is 5.75 Å². The van der Waals surface area contributed by atoms with E-state index < -0.39 is 261 Å². The van der Waals surface area contributed by atoms with Crippen molar-refractivity contribution in [1.29, 1.82) is 0 Å². The van der Waals surface area contributed by atoms with Crippen LogP contribution in [0.4, 0.5) is 0 Å². The number of aliphatic hydroxyl groups excluding tert-OH is 2. The molecule has 2 aromatic heterocycles. The van der Waals surface area contributed by atoms with Crippen LogP contribution in [0.25, 0.3) is 27.9 Å². The number of fused-ring (bicyclic) bond motifs is 2. The van der Waals surface area contributed by atoms with Crippen molar-refractivity contribution in [2.24, 2.45) is 17.6 Å². The summed E-state index contributed by atoms with van der Waals surface area (Å²) >= 11 is 0. The number of Topliss-reactive ketones (excluding diaryl/α,β-unsaturated/α-hetero) is 3. The average Bonchev–Trinajstić information content (AvgIpc) is 1.63. The Morgan fingerprint density at radius 3 is 1.89 bits per heavy atom. The zero-order valence-electron chi connectivity index (χ0n) is 59.7. The van der Waals surface area contributed by atoms with Crippen LogP contribution in [-0.4, -0.2) is 220 Å². The van der Waals surface area contributed by atoms with Gasteiger partial charge in [-0.25, -0.2) is 4.79 Å². The number of hydrogen-bond donors (Lipinski definition) is 18. The second-order valence-electron chi connectivity index (χ2n) is 26.6. The van der Waals surface area contributed by atoms with Gasteiger partial charge in [0.15, 0.2) is 23.5 Å². The fourth-order valence-corrected chi connectivity index (χ4v) is 12.3. The Kier molecular flexibility index (Phi) is 31.0. The molecule has 3 aromatic carbocycles. The van der Waals surface area contributed by atoms with Crippen LogP contribution in [0.2, 0.25) is 0 Å². The quantitative estimate of drug-likeness (QED) is 0.0132. The minimum absolute atomic E-state index is 0.171. The number of aromatic amines is 2. The van der Waals surface area contributed by atoms with Crippen LogP contribution in [0.3, 0.4) is 0 Å². The molecule has 19 N–H and O–H groups in total. The molecule has 5 aromatic rings. The van der Waals surface area contributed by atoms with E-state index in [0.717, 1.165) is 69.4 Å². The Hall–Kier alpha value is -12.3. The van der Waals surface area contributed by atoms with Gasteiger partial charge in [-0.1, -0.05) is 87.6 Å². The monoisotopic (exact) mass is 1530 g/mol. The van der Waals surface area contributed by atoms with Crippen LogP contribution < -0.4 is 48.3 Å². The molecule has 0 aliphatic carbocycles. The molecule has 4 heterocycles. The highest BCUT2D eigenvalue weighted by Gasteiger charge is 2.46. The molecule has 2 aliphatic rings. The van der Waals surface area contributed by atoms with Gasteiger partial charge in [0.05, 0.1) is 62.4 Å². The van der Waals surface area contributed by atoms with E-state index in [4.69, 9.17) is 15.2 Å². The number of carbonyl (C=O) groups excluding carboxylic acids is 13. The van der Waals surface area contributed by atoms with Gasteiger partial charge in [-0.2, -0.15) is 0 Å². The number of nitrogens with two attached hydrogens (primary N) is 1. The van der Waals surface area contributed by atoms with E-state index in [-0.39, 0.29) is 16.7 Å². The van der Waals surface area contributed by atoms with E-state index in [1.54, 1.807) is 48.5 Å². The number of amides is 9. The van der Waals surface area contributed by atoms with E-state index in [2.05, 4.69) is 41.9 Å². The lowest BCUT2D eigenvalue weighted by Crippen LogP contribution is -2.60. The van der Waals surface area contributed by atoms with Gasteiger partial charge in [0.25, 0.3) is 0 Å². The lowest BCUT2D eigenvalue weighted by Gasteiger charge is -2.29. The maximum absolute atomic E-state index is 15.4. The van der Waals surface area contributed by atoms with Crippen LogP contribution in [0.1, 0.15) is 126 Å². The molecule has 37 nitrogen and oxygen atoms in total. The van der Waals surface area contributed by atoms with Crippen molar-refractivity contribution in [3.63, 3.8) is 0 Å². The first-order chi connectivity index (χ1) is 52.2. The van der Waals surface area contributed by atoms with Gasteiger partial charge < -0.3 is 103 Å². The van der Waals surface area contributed by atoms with Crippen molar-refractivity contribution < 1.29 is 127 Å². The van der Waals surface area contributed by atoms with Crippen LogP contribution in [0, 0.1) is 11.8 Å². The smallest absolute Gasteiger partial charge is 0.334 e. The zero-order chi connectivity index (χ0) is 80.6. The number of ketones is 3. The number of aliphatic carboxylic acids is 4. The molecule has 590 valence electrons. The molecule has 13 atom stereocenters. The van der Waals surface area contributed by atoms with E-state index in [0.29, 0.717) is 28.2 Å². The third-order valence-corrected chi connectivity index (χ3v) is 18.3. The predicted octanol–water partition coefficient (Wildman–Crippen LogP) is -0.826. The number of hydrogen-bond acceptors (Lipinski definition) is 22. The standard InChI is InChI=1S/C73H87N11O26/c1-3-4-5-6-7-16-54-64(110-54)53(89)27-41(34-85)67(102)83-60-35(2)109-73(108)38(23-39-31-75-45-14-10-8-12-43(39)45)26-51(87)47(21-22-56(91)92)78-72(107)62(63(99)65(74)100)82-55(90)33-77-68(103)50(30-59(97)98)81-71(106)61(36-17-19-42(86)20-18-36)84-66(101)37(28-57(93)94)25-52(88)48(29-58(95)96)79-69(104)49(80-70(60)105)24-40-32-76-46-15-11-9-13-44(40)46/h8-15,17-20,23,31-32,35,37,41,47-50,54,60-64,75-76,85-86,99H,3-7,16,21-22,24-30,33-34H2,1-2H3,(H2,74,100)(H,77,103)(H,78,107)(H,79,104)(H,80,105)(H,81,106)(H,82,90)(H,83,102)(H,84,101)(H,91,92)(H,93,94)(H,95,96)(H,97,98)/b38-23+/t35-,37+,41+,47-,48+,49-,50+,54-,60+,61-,62-,63+,64-/m1/s1. The number of carboxylic acid groups (broad SMARTS) is 4. The summed E-state index contributed by atoms with van der Waals surface area (Å²) in [7, 11) is 0. The largest absolute Gasteiger partial charge is 0.508 e. The number of benzene rings is 3. The molecule has 2 aliphatic heterocycles. The Labute approximate surface area is 626 Å². The first-order valence-electron chi connectivity index (χ1n) is 35.2. The number of ether oxygens (including phenoxy) is 2. The number of nitrogens with one attached hydrogen (secondary N) is 10. The highest BCUT2D eigenvalue weighted by Crippen LogP contribution is 2.31. The molecule has 2 fully saturated rings. The number of H-pyrrole nitrogens is 2. The Morgan fingerprint density at radius 1 is 0.636 bits per heavy atom. The third-order valence-electron chi connectivity index (χ3n) is 18.3. The SMILES string of the molecule is CCCCCCC[C@H]1O[C@@H]1C(=O)C[C@@H](CO)C(=O)N[C@@H]1C(=O)N[C@H](Cc2c[nH]c3ccccc23)C(=O)N[C@@H](CC(=O)O)C(=O)C[C@@H](CC(=O)O)C(=O)N[C@H](c2ccc(O)cc2)C(=O)N[C@@H](CC(=O)O)C(=O)NCC(=O)N[C@H]([C@H](O)C(N)=O)C(=O)N[C@H](CCC(=O)O)C(=O)C/C(=C\c2c[nH]c3ccccc23)C(=O)O[C@@H]1C. The number of carbonyl (C=O) groups is 17. The summed E-state index contributed by atoms with van der Waals surface area (Å²) in [5.41, 5.74) is 5.82. The highest BCUT2D eigenvalue weighted by atomic mass is 16.6. The number of aromatic nitrogens is 2. The molecular weight excluding hydrogens is 1450 g/mol. The summed E-state index contributed by atoms with van der Waals surface area (Å²) in [5, 5.41) is 90.4. The van der Waals surface area contributed by atoms with Crippen molar-refractivity contribution in [1.82, 2.24) is 52.5 Å². The number of epoxide rings is 1. The number of rotatable bonds is 27. The second-order valence-corrected chi connectivity index (χ2v) is 26.6. The molecule has 2 saturated heterocycles. The van der Waals surface area contributed by atoms with Gasteiger partial charge in [-0.15, -0.1) is 0 Å². The number of aliphatic hydroxyl groups is 2. The molecule has 0 bridgehead atoms. The minimum Gasteiger partial charge on any atom is -0.508 e. The van der Waals surface area contributed by atoms with Gasteiger partial charge in [-0.3, -0.25) is 76.7 Å². The number of unbranched alkanes of at least 4 members (excludes halogenated alkanes) is 4. The van der Waals surface area contributed by atoms with Gasteiger partial charge in [0.1, 0.15) is 48.2 Å². The number of aromatic hydroxyl groups is 1.